The molecule has 1 fully saturated rings. The van der Waals surface area contributed by atoms with E-state index in [1.165, 1.54) is 18.2 Å². The molecule has 5 heteroatoms. The van der Waals surface area contributed by atoms with Crippen molar-refractivity contribution in [1.29, 1.82) is 0 Å². The number of halogens is 2. The molecule has 2 atom stereocenters. The van der Waals surface area contributed by atoms with Gasteiger partial charge in [-0.1, -0.05) is 17.7 Å². The van der Waals surface area contributed by atoms with Crippen LogP contribution in [-0.4, -0.2) is 16.6 Å². The Bertz CT molecular complexity index is 417. The minimum absolute atomic E-state index is 0.212. The molecule has 15 heavy (non-hydrogen) atoms. The van der Waals surface area contributed by atoms with Gasteiger partial charge < -0.3 is 10.8 Å². The zero-order valence-corrected chi connectivity index (χ0v) is 8.46. The first-order chi connectivity index (χ1) is 6.97. The van der Waals surface area contributed by atoms with E-state index in [1.54, 1.807) is 0 Å². The molecule has 3 N–H and O–H groups in total. The molecule has 0 bridgehead atoms. The third-order valence-corrected chi connectivity index (χ3v) is 3.08. The lowest BCUT2D eigenvalue weighted by Crippen LogP contribution is -2.34. The summed E-state index contributed by atoms with van der Waals surface area (Å²) in [6.45, 7) is 0. The largest absolute Gasteiger partial charge is 0.480 e. The molecule has 1 aromatic rings. The van der Waals surface area contributed by atoms with Crippen LogP contribution in [0.1, 0.15) is 17.9 Å². The van der Waals surface area contributed by atoms with E-state index in [0.717, 1.165) is 0 Å². The molecule has 80 valence electrons. The summed E-state index contributed by atoms with van der Waals surface area (Å²) in [5, 5.41) is 9.07. The van der Waals surface area contributed by atoms with Gasteiger partial charge in [-0.05, 0) is 18.6 Å². The first kappa shape index (κ1) is 10.4. The van der Waals surface area contributed by atoms with Gasteiger partial charge in [0.1, 0.15) is 11.4 Å². The van der Waals surface area contributed by atoms with E-state index in [2.05, 4.69) is 0 Å². The molecule has 0 heterocycles. The Morgan fingerprint density at radius 3 is 2.80 bits per heavy atom. The highest BCUT2D eigenvalue weighted by atomic mass is 35.5. The fourth-order valence-corrected chi connectivity index (χ4v) is 2.01. The Kier molecular flexibility index (Phi) is 2.20. The second-order valence-corrected chi connectivity index (χ2v) is 4.14. The average molecular weight is 230 g/mol. The van der Waals surface area contributed by atoms with Crippen molar-refractivity contribution in [2.24, 2.45) is 5.73 Å². The smallest absolute Gasteiger partial charge is 0.324 e. The molecule has 0 aromatic heterocycles. The van der Waals surface area contributed by atoms with Crippen molar-refractivity contribution in [2.75, 3.05) is 0 Å². The van der Waals surface area contributed by atoms with Crippen LogP contribution < -0.4 is 5.73 Å². The predicted octanol–water partition coefficient (Wildman–Crippen LogP) is 1.75. The lowest BCUT2D eigenvalue weighted by Gasteiger charge is -2.08. The van der Waals surface area contributed by atoms with Gasteiger partial charge in [0.05, 0.1) is 0 Å². The van der Waals surface area contributed by atoms with E-state index in [-0.39, 0.29) is 17.0 Å². The van der Waals surface area contributed by atoms with Gasteiger partial charge in [0.25, 0.3) is 0 Å². The zero-order valence-electron chi connectivity index (χ0n) is 7.71. The molecule has 1 saturated carbocycles. The van der Waals surface area contributed by atoms with Crippen LogP contribution >= 0.6 is 11.6 Å². The number of aliphatic carboxylic acids is 1. The van der Waals surface area contributed by atoms with Crippen molar-refractivity contribution in [2.45, 2.75) is 17.9 Å². The number of hydrogen-bond donors (Lipinski definition) is 2. The maximum absolute atomic E-state index is 13.4. The van der Waals surface area contributed by atoms with Gasteiger partial charge in [-0.3, -0.25) is 4.79 Å². The maximum atomic E-state index is 13.4. The lowest BCUT2D eigenvalue weighted by molar-refractivity contribution is -0.139. The predicted molar refractivity (Wildman–Crippen MR) is 53.3 cm³/mol. The molecule has 0 saturated heterocycles. The molecule has 0 aliphatic heterocycles. The number of nitrogens with two attached hydrogens (primary N) is 1. The highest BCUT2D eigenvalue weighted by molar-refractivity contribution is 6.31. The fourth-order valence-electron chi connectivity index (χ4n) is 1.72. The molecule has 1 aromatic carbocycles. The monoisotopic (exact) mass is 229 g/mol. The van der Waals surface area contributed by atoms with Crippen LogP contribution in [0.2, 0.25) is 5.02 Å². The summed E-state index contributed by atoms with van der Waals surface area (Å²) >= 11 is 5.81. The van der Waals surface area contributed by atoms with Crippen LogP contribution in [0.3, 0.4) is 0 Å². The van der Waals surface area contributed by atoms with E-state index >= 15 is 0 Å². The quantitative estimate of drug-likeness (QED) is 0.812. The molecule has 2 rings (SSSR count). The van der Waals surface area contributed by atoms with Crippen LogP contribution in [0.25, 0.3) is 0 Å². The van der Waals surface area contributed by atoms with E-state index in [0.29, 0.717) is 0 Å². The van der Waals surface area contributed by atoms with Gasteiger partial charge in [-0.15, -0.1) is 0 Å². The van der Waals surface area contributed by atoms with Gasteiger partial charge in [0.15, 0.2) is 0 Å². The second kappa shape index (κ2) is 3.18. The third-order valence-electron chi connectivity index (χ3n) is 2.75. The van der Waals surface area contributed by atoms with Gasteiger partial charge >= 0.3 is 5.97 Å². The average Bonchev–Trinajstić information content (AvgIpc) is 2.79. The minimum Gasteiger partial charge on any atom is -0.480 e. The van der Waals surface area contributed by atoms with Crippen molar-refractivity contribution in [3.8, 4) is 0 Å². The first-order valence-corrected chi connectivity index (χ1v) is 4.81. The highest BCUT2D eigenvalue weighted by Crippen LogP contribution is 2.52. The Labute approximate surface area is 90.6 Å². The van der Waals surface area contributed by atoms with Gasteiger partial charge in [-0.2, -0.15) is 0 Å². The van der Waals surface area contributed by atoms with Crippen LogP contribution in [-0.2, 0) is 4.79 Å². The summed E-state index contributed by atoms with van der Waals surface area (Å²) < 4.78 is 13.4. The standard InChI is InChI=1S/C10H9ClFNO2/c11-6-2-1-3-7(12)8(6)5-4-10(5,13)9(14)15/h1-3,5H,4,13H2,(H,14,15)/t5-,10+/m1/s1. The first-order valence-electron chi connectivity index (χ1n) is 4.43. The Hall–Kier alpha value is -1.13. The van der Waals surface area contributed by atoms with Crippen molar-refractivity contribution in [3.05, 3.63) is 34.6 Å². The molecular formula is C10H9ClFNO2. The maximum Gasteiger partial charge on any atom is 0.324 e. The summed E-state index contributed by atoms with van der Waals surface area (Å²) in [4.78, 5) is 10.8. The van der Waals surface area contributed by atoms with Crippen LogP contribution in [0.5, 0.6) is 0 Å². The molecule has 3 nitrogen and oxygen atoms in total. The highest BCUT2D eigenvalue weighted by Gasteiger charge is 2.59. The van der Waals surface area contributed by atoms with Crippen LogP contribution in [0.15, 0.2) is 18.2 Å². The molecule has 0 spiro atoms. The number of hydrogen-bond acceptors (Lipinski definition) is 2. The molecule has 0 amide bonds. The van der Waals surface area contributed by atoms with Gasteiger partial charge in [0, 0.05) is 16.5 Å². The lowest BCUT2D eigenvalue weighted by atomic mass is 10.1. The summed E-state index contributed by atoms with van der Waals surface area (Å²) in [5.41, 5.74) is 4.44. The topological polar surface area (TPSA) is 63.3 Å². The minimum atomic E-state index is -1.36. The SMILES string of the molecule is N[C@@]1(C(=O)O)C[C@@H]1c1c(F)cccc1Cl. The molecule has 0 unspecified atom stereocenters. The summed E-state index contributed by atoms with van der Waals surface area (Å²) in [5.74, 6) is -2.14. The normalized spacial score (nSPS) is 28.9. The third kappa shape index (κ3) is 1.50. The van der Waals surface area contributed by atoms with E-state index in [1.807, 2.05) is 0 Å². The molecule has 0 radical (unpaired) electrons. The summed E-state index contributed by atoms with van der Waals surface area (Å²) in [7, 11) is 0. The van der Waals surface area contributed by atoms with Gasteiger partial charge in [-0.25, -0.2) is 4.39 Å². The van der Waals surface area contributed by atoms with Crippen molar-refractivity contribution >= 4 is 17.6 Å². The fraction of sp³-hybridized carbons (Fsp3) is 0.300. The Morgan fingerprint density at radius 1 is 1.67 bits per heavy atom. The van der Waals surface area contributed by atoms with E-state index in [9.17, 15) is 9.18 Å². The van der Waals surface area contributed by atoms with Crippen molar-refractivity contribution in [1.82, 2.24) is 0 Å². The van der Waals surface area contributed by atoms with E-state index in [4.69, 9.17) is 22.4 Å². The van der Waals surface area contributed by atoms with Crippen molar-refractivity contribution < 1.29 is 14.3 Å². The number of carbonyl (C=O) groups is 1. The van der Waals surface area contributed by atoms with Crippen molar-refractivity contribution in [3.63, 3.8) is 0 Å². The summed E-state index contributed by atoms with van der Waals surface area (Å²) in [6, 6.07) is 4.25. The number of carboxylic acid groups (broad SMARTS) is 1. The Balaban J connectivity index is 2.39. The van der Waals surface area contributed by atoms with Gasteiger partial charge in [0.2, 0.25) is 0 Å². The molecule has 1 aliphatic carbocycles. The second-order valence-electron chi connectivity index (χ2n) is 3.74. The van der Waals surface area contributed by atoms with Crippen LogP contribution in [0.4, 0.5) is 4.39 Å². The molecule has 1 aliphatic rings. The Morgan fingerprint density at radius 2 is 2.33 bits per heavy atom. The summed E-state index contributed by atoms with van der Waals surface area (Å²) in [6.07, 6.45) is 0.225. The van der Waals surface area contributed by atoms with Crippen LogP contribution in [0, 0.1) is 5.82 Å². The molecular weight excluding hydrogens is 221 g/mol. The number of rotatable bonds is 2. The van der Waals surface area contributed by atoms with E-state index < -0.39 is 23.2 Å². The zero-order chi connectivity index (χ0) is 11.2. The number of benzene rings is 1. The number of carboxylic acids is 1.